The summed E-state index contributed by atoms with van der Waals surface area (Å²) in [4.78, 5) is 22.8. The van der Waals surface area contributed by atoms with Crippen LogP contribution in [0.25, 0.3) is 16.8 Å². The third-order valence-electron chi connectivity index (χ3n) is 6.03. The van der Waals surface area contributed by atoms with Crippen LogP contribution in [0.4, 0.5) is 10.8 Å². The monoisotopic (exact) mass is 597 g/mol. The number of fused-ring (bicyclic) bond motifs is 1. The summed E-state index contributed by atoms with van der Waals surface area (Å²) in [6, 6.07) is 25.9. The van der Waals surface area contributed by atoms with E-state index in [-0.39, 0.29) is 32.6 Å². The van der Waals surface area contributed by atoms with Gasteiger partial charge in [0.15, 0.2) is 0 Å². The lowest BCUT2D eigenvalue weighted by molar-refractivity contribution is -0.384. The molecule has 1 amide bonds. The van der Waals surface area contributed by atoms with Crippen molar-refractivity contribution in [1.82, 2.24) is 10.2 Å². The summed E-state index contributed by atoms with van der Waals surface area (Å²) in [5, 5.41) is 34.4. The standard InChI is InChI=1S/C29H19N5O6S2/c30-18-22(16-21-7-2-4-11-26(21)40-42(38,39)24-14-12-23(13-15-24)34(36)37)28(35)31-29-33-32-27(41-29)17-20-9-5-8-19-6-1-3-10-25(19)20/h1-16H,17H2,(H,31,33,35)/b22-16+. The van der Waals surface area contributed by atoms with E-state index in [0.717, 1.165) is 40.6 Å². The number of nitriles is 1. The minimum Gasteiger partial charge on any atom is -0.378 e. The number of hydrogen-bond acceptors (Lipinski definition) is 10. The number of non-ortho nitro benzene ring substituents is 1. The molecule has 0 fully saturated rings. The van der Waals surface area contributed by atoms with Crippen LogP contribution in [0, 0.1) is 21.4 Å². The number of nitro groups is 1. The second-order valence-electron chi connectivity index (χ2n) is 8.77. The van der Waals surface area contributed by atoms with Gasteiger partial charge in [0.1, 0.15) is 27.3 Å². The fourth-order valence-corrected chi connectivity index (χ4v) is 5.74. The van der Waals surface area contributed by atoms with Gasteiger partial charge in [-0.1, -0.05) is 72.0 Å². The van der Waals surface area contributed by atoms with Crippen LogP contribution >= 0.6 is 11.3 Å². The molecule has 13 heteroatoms. The molecule has 4 aromatic carbocycles. The number of para-hydroxylation sites is 1. The van der Waals surface area contributed by atoms with E-state index in [1.54, 1.807) is 6.07 Å². The Bertz CT molecular complexity index is 1990. The SMILES string of the molecule is N#C/C(=C\c1ccccc1OS(=O)(=O)c1ccc([N+](=O)[O-])cc1)C(=O)Nc1nnc(Cc2cccc3ccccc23)s1. The number of aromatic nitrogens is 2. The lowest BCUT2D eigenvalue weighted by Gasteiger charge is -2.10. The molecule has 0 aliphatic rings. The van der Waals surface area contributed by atoms with Gasteiger partial charge in [-0.15, -0.1) is 10.2 Å². The van der Waals surface area contributed by atoms with E-state index < -0.39 is 20.9 Å². The first-order chi connectivity index (χ1) is 20.2. The Labute approximate surface area is 243 Å². The van der Waals surface area contributed by atoms with Gasteiger partial charge in [-0.2, -0.15) is 13.7 Å². The Kier molecular flexibility index (Phi) is 8.00. The van der Waals surface area contributed by atoms with Crippen molar-refractivity contribution in [2.75, 3.05) is 5.32 Å². The molecule has 0 radical (unpaired) electrons. The van der Waals surface area contributed by atoms with E-state index in [9.17, 15) is 28.6 Å². The van der Waals surface area contributed by atoms with E-state index in [2.05, 4.69) is 15.5 Å². The molecule has 0 aliphatic heterocycles. The largest absolute Gasteiger partial charge is 0.378 e. The number of carbonyl (C=O) groups excluding carboxylic acids is 1. The van der Waals surface area contributed by atoms with E-state index in [4.69, 9.17) is 4.18 Å². The van der Waals surface area contributed by atoms with E-state index >= 15 is 0 Å². The van der Waals surface area contributed by atoms with Crippen molar-refractivity contribution in [3.05, 3.63) is 123 Å². The van der Waals surface area contributed by atoms with Gasteiger partial charge in [-0.25, -0.2) is 0 Å². The topological polar surface area (TPSA) is 165 Å². The van der Waals surface area contributed by atoms with Gasteiger partial charge in [0, 0.05) is 24.1 Å². The van der Waals surface area contributed by atoms with Crippen molar-refractivity contribution in [1.29, 1.82) is 5.26 Å². The average molecular weight is 598 g/mol. The third-order valence-corrected chi connectivity index (χ3v) is 8.12. The average Bonchev–Trinajstić information content (AvgIpc) is 3.43. The maximum Gasteiger partial charge on any atom is 0.339 e. The molecule has 1 heterocycles. The van der Waals surface area contributed by atoms with Crippen LogP contribution in [0.3, 0.4) is 0 Å². The molecular weight excluding hydrogens is 578 g/mol. The Hall–Kier alpha value is -5.45. The summed E-state index contributed by atoms with van der Waals surface area (Å²) in [5.74, 6) is -0.914. The molecule has 0 atom stereocenters. The van der Waals surface area contributed by atoms with Gasteiger partial charge in [-0.3, -0.25) is 20.2 Å². The molecule has 42 heavy (non-hydrogen) atoms. The maximum atomic E-state index is 12.9. The first kappa shape index (κ1) is 28.1. The molecule has 1 aromatic heterocycles. The van der Waals surface area contributed by atoms with Crippen LogP contribution in [0.5, 0.6) is 5.75 Å². The second-order valence-corrected chi connectivity index (χ2v) is 11.4. The zero-order valence-electron chi connectivity index (χ0n) is 21.5. The number of benzene rings is 4. The zero-order chi connectivity index (χ0) is 29.7. The summed E-state index contributed by atoms with van der Waals surface area (Å²) in [5.41, 5.74) is 0.589. The van der Waals surface area contributed by atoms with Gasteiger partial charge in [0.2, 0.25) is 5.13 Å². The van der Waals surface area contributed by atoms with Crippen molar-refractivity contribution < 1.29 is 22.3 Å². The Morgan fingerprint density at radius 3 is 2.48 bits per heavy atom. The van der Waals surface area contributed by atoms with Gasteiger partial charge >= 0.3 is 10.1 Å². The number of nitro benzene ring substituents is 1. The maximum absolute atomic E-state index is 12.9. The van der Waals surface area contributed by atoms with Crippen LogP contribution in [0.15, 0.2) is 101 Å². The van der Waals surface area contributed by atoms with E-state index in [1.807, 2.05) is 48.5 Å². The van der Waals surface area contributed by atoms with Crippen molar-refractivity contribution in [3.8, 4) is 11.8 Å². The highest BCUT2D eigenvalue weighted by atomic mass is 32.2. The molecule has 0 bridgehead atoms. The summed E-state index contributed by atoms with van der Waals surface area (Å²) < 4.78 is 30.8. The quantitative estimate of drug-likeness (QED) is 0.0758. The highest BCUT2D eigenvalue weighted by molar-refractivity contribution is 7.87. The number of hydrogen-bond donors (Lipinski definition) is 1. The van der Waals surface area contributed by atoms with E-state index in [0.29, 0.717) is 11.4 Å². The third kappa shape index (κ3) is 6.30. The lowest BCUT2D eigenvalue weighted by Crippen LogP contribution is -2.14. The molecule has 0 saturated carbocycles. The molecule has 5 aromatic rings. The molecule has 0 unspecified atom stereocenters. The Balaban J connectivity index is 1.32. The molecular formula is C29H19N5O6S2. The lowest BCUT2D eigenvalue weighted by atomic mass is 10.0. The molecule has 0 spiro atoms. The number of carbonyl (C=O) groups is 1. The van der Waals surface area contributed by atoms with E-state index in [1.165, 1.54) is 35.6 Å². The molecule has 208 valence electrons. The summed E-state index contributed by atoms with van der Waals surface area (Å²) in [7, 11) is -4.38. The van der Waals surface area contributed by atoms with Crippen LogP contribution in [0.1, 0.15) is 16.1 Å². The van der Waals surface area contributed by atoms with Gasteiger partial charge in [0.25, 0.3) is 11.6 Å². The van der Waals surface area contributed by atoms with Gasteiger partial charge in [0.05, 0.1) is 4.92 Å². The molecule has 5 rings (SSSR count). The molecule has 0 aliphatic carbocycles. The normalized spacial score (nSPS) is 11.5. The van der Waals surface area contributed by atoms with Crippen molar-refractivity contribution in [2.24, 2.45) is 0 Å². The number of amides is 1. The minimum absolute atomic E-state index is 0.142. The van der Waals surface area contributed by atoms with Crippen molar-refractivity contribution in [2.45, 2.75) is 11.3 Å². The van der Waals surface area contributed by atoms with Gasteiger partial charge in [-0.05, 0) is 40.6 Å². The zero-order valence-corrected chi connectivity index (χ0v) is 23.1. The van der Waals surface area contributed by atoms with Crippen LogP contribution in [0.2, 0.25) is 0 Å². The second kappa shape index (κ2) is 12.0. The van der Waals surface area contributed by atoms with Crippen molar-refractivity contribution in [3.63, 3.8) is 0 Å². The number of nitrogens with zero attached hydrogens (tertiary/aromatic N) is 4. The smallest absolute Gasteiger partial charge is 0.339 e. The number of rotatable bonds is 9. The van der Waals surface area contributed by atoms with Crippen LogP contribution in [-0.2, 0) is 21.3 Å². The fraction of sp³-hybridized carbons (Fsp3) is 0.0345. The highest BCUT2D eigenvalue weighted by Gasteiger charge is 2.21. The molecule has 1 N–H and O–H groups in total. The Morgan fingerprint density at radius 1 is 1.00 bits per heavy atom. The predicted octanol–water partition coefficient (Wildman–Crippen LogP) is 5.50. The van der Waals surface area contributed by atoms with Crippen molar-refractivity contribution >= 4 is 55.0 Å². The summed E-state index contributed by atoms with van der Waals surface area (Å²) in [6.45, 7) is 0. The predicted molar refractivity (Wildman–Crippen MR) is 156 cm³/mol. The Morgan fingerprint density at radius 2 is 1.71 bits per heavy atom. The summed E-state index contributed by atoms with van der Waals surface area (Å²) in [6.07, 6.45) is 1.69. The summed E-state index contributed by atoms with van der Waals surface area (Å²) >= 11 is 1.17. The fourth-order valence-electron chi connectivity index (χ4n) is 4.03. The number of nitrogens with one attached hydrogen (secondary N) is 1. The molecule has 0 saturated heterocycles. The minimum atomic E-state index is -4.38. The number of anilines is 1. The van der Waals surface area contributed by atoms with Crippen LogP contribution in [-0.4, -0.2) is 29.4 Å². The first-order valence-electron chi connectivity index (χ1n) is 12.2. The molecule has 11 nitrogen and oxygen atoms in total. The first-order valence-corrected chi connectivity index (χ1v) is 14.5. The highest BCUT2D eigenvalue weighted by Crippen LogP contribution is 2.27. The van der Waals surface area contributed by atoms with Crippen LogP contribution < -0.4 is 9.50 Å². The van der Waals surface area contributed by atoms with Gasteiger partial charge < -0.3 is 4.18 Å².